The summed E-state index contributed by atoms with van der Waals surface area (Å²) in [6.45, 7) is 8.38. The number of allylic oxidation sites excluding steroid dienone is 2. The number of carbonyl (C=O) groups excluding carboxylic acids is 2. The molecule has 2 saturated heterocycles. The molecule has 9 heteroatoms. The van der Waals surface area contributed by atoms with Gasteiger partial charge in [0.05, 0.1) is 12.0 Å². The summed E-state index contributed by atoms with van der Waals surface area (Å²) in [5.74, 6) is -0.829. The summed E-state index contributed by atoms with van der Waals surface area (Å²) in [5.41, 5.74) is 0.997. The standard InChI is InChI=1S/C15H22N2O5S.Na.H/c1-8(2)7-9-11(15(9,3)4)13(18)16-6-5-10-12(16)14(19)17(10)23(20,21)22;;/h7,9-12H,5-6H2,1-4H3,(H,20,21,22);;/t9-,10-,11+,12+;;/m1../s1. The van der Waals surface area contributed by atoms with Gasteiger partial charge in [0, 0.05) is 6.54 Å². The third kappa shape index (κ3) is 2.86. The molecular formula is C15H23N2NaO5S. The van der Waals surface area contributed by atoms with E-state index < -0.39 is 28.3 Å². The molecule has 0 aromatic heterocycles. The van der Waals surface area contributed by atoms with Gasteiger partial charge in [-0.3, -0.25) is 14.1 Å². The van der Waals surface area contributed by atoms with E-state index in [2.05, 4.69) is 6.08 Å². The van der Waals surface area contributed by atoms with E-state index in [-0.39, 0.29) is 52.7 Å². The number of hydrogen-bond donors (Lipinski definition) is 1. The Labute approximate surface area is 164 Å². The molecule has 0 aromatic rings. The van der Waals surface area contributed by atoms with Gasteiger partial charge < -0.3 is 4.90 Å². The van der Waals surface area contributed by atoms with Crippen LogP contribution in [0.4, 0.5) is 0 Å². The fraction of sp³-hybridized carbons (Fsp3) is 0.733. The van der Waals surface area contributed by atoms with E-state index in [4.69, 9.17) is 4.55 Å². The van der Waals surface area contributed by atoms with Crippen molar-refractivity contribution in [1.29, 1.82) is 0 Å². The summed E-state index contributed by atoms with van der Waals surface area (Å²) in [6.07, 6.45) is 2.46. The van der Waals surface area contributed by atoms with Crippen LogP contribution in [0.5, 0.6) is 0 Å². The van der Waals surface area contributed by atoms with Crippen molar-refractivity contribution in [2.24, 2.45) is 17.3 Å². The number of nitrogens with zero attached hydrogens (tertiary/aromatic N) is 2. The number of fused-ring (bicyclic) bond motifs is 1. The molecule has 2 amide bonds. The molecule has 3 fully saturated rings. The van der Waals surface area contributed by atoms with Gasteiger partial charge in [-0.2, -0.15) is 8.42 Å². The summed E-state index contributed by atoms with van der Waals surface area (Å²) in [4.78, 5) is 26.4. The first-order chi connectivity index (χ1) is 10.5. The molecule has 3 aliphatic rings. The molecule has 1 saturated carbocycles. The van der Waals surface area contributed by atoms with Gasteiger partial charge in [-0.1, -0.05) is 25.5 Å². The van der Waals surface area contributed by atoms with Crippen LogP contribution in [0, 0.1) is 17.3 Å². The Bertz CT molecular complexity index is 713. The Hall–Kier alpha value is -0.410. The number of rotatable bonds is 3. The van der Waals surface area contributed by atoms with E-state index in [1.165, 1.54) is 4.90 Å². The Morgan fingerprint density at radius 3 is 2.42 bits per heavy atom. The van der Waals surface area contributed by atoms with Gasteiger partial charge in [-0.05, 0) is 31.6 Å². The summed E-state index contributed by atoms with van der Waals surface area (Å²) in [7, 11) is -4.54. The Morgan fingerprint density at radius 2 is 1.92 bits per heavy atom. The number of β-lactam (4-membered cyclic amide) rings is 1. The first-order valence-electron chi connectivity index (χ1n) is 7.74. The number of amides is 2. The third-order valence-electron chi connectivity index (χ3n) is 5.36. The van der Waals surface area contributed by atoms with Crippen molar-refractivity contribution in [2.75, 3.05) is 6.54 Å². The van der Waals surface area contributed by atoms with Gasteiger partial charge in [0.15, 0.2) is 0 Å². The quantitative estimate of drug-likeness (QED) is 0.333. The molecule has 0 radical (unpaired) electrons. The monoisotopic (exact) mass is 366 g/mol. The predicted octanol–water partition coefficient (Wildman–Crippen LogP) is 0.191. The van der Waals surface area contributed by atoms with Crippen molar-refractivity contribution in [2.45, 2.75) is 46.2 Å². The SMILES string of the molecule is CC(C)=C[C@@H]1[C@@H](C(=O)N2CC[C@@H]3[C@H]2C(=O)N3S(=O)(=O)O)C1(C)C.[NaH]. The predicted molar refractivity (Wildman–Crippen MR) is 89.6 cm³/mol. The zero-order valence-electron chi connectivity index (χ0n) is 13.7. The maximum absolute atomic E-state index is 12.8. The summed E-state index contributed by atoms with van der Waals surface area (Å²) < 4.78 is 32.0. The Morgan fingerprint density at radius 1 is 1.33 bits per heavy atom. The van der Waals surface area contributed by atoms with Gasteiger partial charge in [0.25, 0.3) is 5.91 Å². The molecule has 2 aliphatic heterocycles. The topological polar surface area (TPSA) is 95.0 Å². The molecule has 0 bridgehead atoms. The second kappa shape index (κ2) is 6.09. The molecule has 24 heavy (non-hydrogen) atoms. The first kappa shape index (κ1) is 19.9. The fourth-order valence-corrected chi connectivity index (χ4v) is 4.96. The third-order valence-corrected chi connectivity index (χ3v) is 6.31. The van der Waals surface area contributed by atoms with Gasteiger partial charge in [-0.15, -0.1) is 0 Å². The van der Waals surface area contributed by atoms with Crippen LogP contribution in [0.3, 0.4) is 0 Å². The molecular weight excluding hydrogens is 343 g/mol. The van der Waals surface area contributed by atoms with E-state index in [9.17, 15) is 18.0 Å². The molecule has 0 aromatic carbocycles. The normalized spacial score (nSPS) is 33.3. The molecule has 1 aliphatic carbocycles. The van der Waals surface area contributed by atoms with Crippen molar-refractivity contribution in [1.82, 2.24) is 9.21 Å². The van der Waals surface area contributed by atoms with Crippen LogP contribution in [0.25, 0.3) is 0 Å². The molecule has 7 nitrogen and oxygen atoms in total. The van der Waals surface area contributed by atoms with Crippen LogP contribution in [0.1, 0.15) is 34.1 Å². The fourth-order valence-electron chi connectivity index (χ4n) is 4.06. The zero-order chi connectivity index (χ0) is 17.3. The van der Waals surface area contributed by atoms with E-state index in [1.807, 2.05) is 27.7 Å². The molecule has 4 atom stereocenters. The number of carbonyl (C=O) groups is 2. The Kier molecular flexibility index (Phi) is 5.05. The van der Waals surface area contributed by atoms with Crippen molar-refractivity contribution in [3.63, 3.8) is 0 Å². The van der Waals surface area contributed by atoms with Gasteiger partial charge >= 0.3 is 39.9 Å². The first-order valence-corrected chi connectivity index (χ1v) is 9.14. The molecule has 0 spiro atoms. The van der Waals surface area contributed by atoms with Crippen LogP contribution in [-0.2, 0) is 19.9 Å². The second-order valence-electron chi connectivity index (χ2n) is 7.51. The van der Waals surface area contributed by atoms with Crippen molar-refractivity contribution in [3.8, 4) is 0 Å². The van der Waals surface area contributed by atoms with E-state index in [0.29, 0.717) is 17.3 Å². The maximum atomic E-state index is 12.8. The van der Waals surface area contributed by atoms with Crippen LogP contribution >= 0.6 is 0 Å². The van der Waals surface area contributed by atoms with Gasteiger partial charge in [0.1, 0.15) is 6.04 Å². The van der Waals surface area contributed by atoms with Crippen molar-refractivity contribution < 1.29 is 22.6 Å². The molecule has 1 N–H and O–H groups in total. The van der Waals surface area contributed by atoms with Crippen LogP contribution < -0.4 is 0 Å². The van der Waals surface area contributed by atoms with Crippen LogP contribution in [0.15, 0.2) is 11.6 Å². The van der Waals surface area contributed by atoms with Gasteiger partial charge in [0.2, 0.25) is 5.91 Å². The van der Waals surface area contributed by atoms with E-state index in [0.717, 1.165) is 5.57 Å². The van der Waals surface area contributed by atoms with Crippen molar-refractivity contribution >= 4 is 51.7 Å². The van der Waals surface area contributed by atoms with E-state index >= 15 is 0 Å². The van der Waals surface area contributed by atoms with Crippen molar-refractivity contribution in [3.05, 3.63) is 11.6 Å². The molecule has 0 unspecified atom stereocenters. The zero-order valence-corrected chi connectivity index (χ0v) is 14.5. The average molecular weight is 366 g/mol. The number of likely N-dealkylation sites (tertiary alicyclic amines) is 1. The average Bonchev–Trinajstić information content (AvgIpc) is 2.76. The molecule has 3 rings (SSSR count). The second-order valence-corrected chi connectivity index (χ2v) is 8.80. The molecule has 130 valence electrons. The summed E-state index contributed by atoms with van der Waals surface area (Å²) in [5, 5.41) is 0. The summed E-state index contributed by atoms with van der Waals surface area (Å²) >= 11 is 0. The number of hydrogen-bond acceptors (Lipinski definition) is 4. The van der Waals surface area contributed by atoms with Crippen LogP contribution in [-0.4, -0.2) is 82.2 Å². The summed E-state index contributed by atoms with van der Waals surface area (Å²) in [6, 6.07) is -1.36. The minimum absolute atomic E-state index is 0. The van der Waals surface area contributed by atoms with Crippen LogP contribution in [0.2, 0.25) is 0 Å². The Balaban J connectivity index is 0.00000208. The minimum atomic E-state index is -4.54. The van der Waals surface area contributed by atoms with Gasteiger partial charge in [-0.25, -0.2) is 4.31 Å². The molecule has 2 heterocycles. The van der Waals surface area contributed by atoms with E-state index in [1.54, 1.807) is 0 Å².